The average molecular weight is 274 g/mol. The summed E-state index contributed by atoms with van der Waals surface area (Å²) in [6, 6.07) is 6.38. The summed E-state index contributed by atoms with van der Waals surface area (Å²) in [6.45, 7) is 2.80. The van der Waals surface area contributed by atoms with Crippen molar-refractivity contribution in [2.24, 2.45) is 0 Å². The number of hydrogen-bond acceptors (Lipinski definition) is 4. The van der Waals surface area contributed by atoms with Crippen molar-refractivity contribution in [3.8, 4) is 5.75 Å². The highest BCUT2D eigenvalue weighted by Gasteiger charge is 2.28. The highest BCUT2D eigenvalue weighted by atomic mass is 16.5. The lowest BCUT2D eigenvalue weighted by molar-refractivity contribution is -0.658. The van der Waals surface area contributed by atoms with Crippen LogP contribution in [0.2, 0.25) is 0 Å². The molecule has 1 fully saturated rings. The Balaban J connectivity index is 1.89. The second-order valence-electron chi connectivity index (χ2n) is 5.10. The predicted molar refractivity (Wildman–Crippen MR) is 72.7 cm³/mol. The molecule has 1 aromatic carbocycles. The predicted octanol–water partition coefficient (Wildman–Crippen LogP) is 0.733. The summed E-state index contributed by atoms with van der Waals surface area (Å²) in [5, 5.41) is 2.79. The fourth-order valence-electron chi connectivity index (χ4n) is 2.54. The van der Waals surface area contributed by atoms with Gasteiger partial charge in [0.1, 0.15) is 11.3 Å². The molecule has 0 spiro atoms. The van der Waals surface area contributed by atoms with E-state index in [4.69, 9.17) is 9.15 Å². The molecular formula is C15H16NO4+. The summed E-state index contributed by atoms with van der Waals surface area (Å²) in [5.41, 5.74) is 0.934. The van der Waals surface area contributed by atoms with Gasteiger partial charge in [-0.3, -0.25) is 0 Å². The third kappa shape index (κ3) is 2.44. The number of carbonyl (C=O) groups excluding carboxylic acids is 1. The topological polar surface area (TPSA) is 73.1 Å². The molecule has 1 saturated heterocycles. The summed E-state index contributed by atoms with van der Waals surface area (Å²) < 4.78 is 10.5. The van der Waals surface area contributed by atoms with Crippen LogP contribution in [0.1, 0.15) is 18.4 Å². The van der Waals surface area contributed by atoms with Crippen LogP contribution in [-0.4, -0.2) is 18.6 Å². The van der Waals surface area contributed by atoms with Crippen LogP contribution in [0.15, 0.2) is 33.5 Å². The molecule has 20 heavy (non-hydrogen) atoms. The first-order valence-electron chi connectivity index (χ1n) is 6.73. The minimum atomic E-state index is -0.375. The van der Waals surface area contributed by atoms with Crippen LogP contribution in [-0.2, 0) is 4.79 Å². The van der Waals surface area contributed by atoms with Gasteiger partial charge in [-0.1, -0.05) is 0 Å². The number of ether oxygens (including phenoxy) is 1. The van der Waals surface area contributed by atoms with E-state index in [9.17, 15) is 9.59 Å². The van der Waals surface area contributed by atoms with E-state index >= 15 is 0 Å². The average Bonchev–Trinajstić information content (AvgIpc) is 2.93. The zero-order chi connectivity index (χ0) is 14.1. The van der Waals surface area contributed by atoms with Crippen molar-refractivity contribution in [3.05, 3.63) is 40.2 Å². The van der Waals surface area contributed by atoms with E-state index in [1.54, 1.807) is 18.2 Å². The number of rotatable bonds is 2. The Morgan fingerprint density at radius 2 is 2.25 bits per heavy atom. The summed E-state index contributed by atoms with van der Waals surface area (Å²) >= 11 is 0. The summed E-state index contributed by atoms with van der Waals surface area (Å²) in [5.74, 6) is 0.275. The van der Waals surface area contributed by atoms with E-state index in [1.165, 1.54) is 6.07 Å². The van der Waals surface area contributed by atoms with Gasteiger partial charge in [0.15, 0.2) is 6.04 Å². The summed E-state index contributed by atoms with van der Waals surface area (Å²) in [7, 11) is 0. The van der Waals surface area contributed by atoms with Crippen molar-refractivity contribution in [2.75, 3.05) is 6.54 Å². The number of aryl methyl sites for hydroxylation is 1. The van der Waals surface area contributed by atoms with Crippen molar-refractivity contribution in [2.45, 2.75) is 25.8 Å². The van der Waals surface area contributed by atoms with E-state index in [1.807, 2.05) is 12.2 Å². The number of carbonyl (C=O) groups is 1. The number of fused-ring (bicyclic) bond motifs is 1. The zero-order valence-electron chi connectivity index (χ0n) is 11.2. The molecule has 0 amide bonds. The lowest BCUT2D eigenvalue weighted by atomic mass is 10.1. The second-order valence-corrected chi connectivity index (χ2v) is 5.10. The Hall–Kier alpha value is -2.14. The SMILES string of the molecule is Cc1cc(=O)oc2ccc(OC(=O)C3CCC[NH2+]3)cc12. The molecule has 1 unspecified atom stereocenters. The molecule has 1 aliphatic rings. The fraction of sp³-hybridized carbons (Fsp3) is 0.333. The van der Waals surface area contributed by atoms with Crippen LogP contribution in [0.5, 0.6) is 5.75 Å². The first-order valence-corrected chi connectivity index (χ1v) is 6.73. The van der Waals surface area contributed by atoms with Gasteiger partial charge in [-0.2, -0.15) is 0 Å². The quantitative estimate of drug-likeness (QED) is 0.498. The Bertz CT molecular complexity index is 713. The molecule has 2 heterocycles. The zero-order valence-corrected chi connectivity index (χ0v) is 11.2. The maximum atomic E-state index is 12.0. The Kier molecular flexibility index (Phi) is 3.28. The molecular weight excluding hydrogens is 258 g/mol. The molecule has 3 rings (SSSR count). The van der Waals surface area contributed by atoms with Gasteiger partial charge >= 0.3 is 11.6 Å². The lowest BCUT2D eigenvalue weighted by Gasteiger charge is -2.08. The van der Waals surface area contributed by atoms with Gasteiger partial charge in [0.2, 0.25) is 0 Å². The van der Waals surface area contributed by atoms with Crippen molar-refractivity contribution in [1.29, 1.82) is 0 Å². The molecule has 1 atom stereocenters. The molecule has 0 bridgehead atoms. The van der Waals surface area contributed by atoms with Crippen molar-refractivity contribution in [1.82, 2.24) is 0 Å². The maximum Gasteiger partial charge on any atom is 0.370 e. The third-order valence-corrected chi connectivity index (χ3v) is 3.61. The van der Waals surface area contributed by atoms with Crippen LogP contribution in [0.25, 0.3) is 11.0 Å². The number of nitrogens with two attached hydrogens (primary N) is 1. The first kappa shape index (κ1) is 12.9. The molecule has 5 nitrogen and oxygen atoms in total. The van der Waals surface area contributed by atoms with Crippen LogP contribution >= 0.6 is 0 Å². The molecule has 1 aromatic heterocycles. The number of benzene rings is 1. The van der Waals surface area contributed by atoms with E-state index < -0.39 is 0 Å². The van der Waals surface area contributed by atoms with Gasteiger partial charge in [-0.15, -0.1) is 0 Å². The highest BCUT2D eigenvalue weighted by Crippen LogP contribution is 2.22. The van der Waals surface area contributed by atoms with Crippen LogP contribution in [0.4, 0.5) is 0 Å². The van der Waals surface area contributed by atoms with E-state index in [0.29, 0.717) is 11.3 Å². The molecule has 1 aliphatic heterocycles. The van der Waals surface area contributed by atoms with Crippen LogP contribution in [0.3, 0.4) is 0 Å². The van der Waals surface area contributed by atoms with E-state index in [0.717, 1.165) is 30.3 Å². The van der Waals surface area contributed by atoms with Gasteiger partial charge < -0.3 is 14.5 Å². The second kappa shape index (κ2) is 5.09. The first-order chi connectivity index (χ1) is 9.63. The third-order valence-electron chi connectivity index (χ3n) is 3.61. The molecule has 0 saturated carbocycles. The van der Waals surface area contributed by atoms with Gasteiger partial charge in [0, 0.05) is 24.3 Å². The molecule has 2 N–H and O–H groups in total. The summed E-state index contributed by atoms with van der Waals surface area (Å²) in [4.78, 5) is 23.2. The minimum absolute atomic E-state index is 0.0968. The van der Waals surface area contributed by atoms with Crippen molar-refractivity contribution in [3.63, 3.8) is 0 Å². The monoisotopic (exact) mass is 274 g/mol. The Morgan fingerprint density at radius 3 is 3.00 bits per heavy atom. The molecule has 0 aliphatic carbocycles. The highest BCUT2D eigenvalue weighted by molar-refractivity contribution is 5.83. The van der Waals surface area contributed by atoms with Crippen LogP contribution < -0.4 is 15.7 Å². The number of quaternary nitrogens is 1. The van der Waals surface area contributed by atoms with E-state index in [2.05, 4.69) is 0 Å². The Morgan fingerprint density at radius 1 is 1.40 bits per heavy atom. The van der Waals surface area contributed by atoms with Crippen molar-refractivity contribution < 1.29 is 19.3 Å². The molecule has 5 heteroatoms. The van der Waals surface area contributed by atoms with Gasteiger partial charge in [0.05, 0.1) is 6.54 Å². The largest absolute Gasteiger partial charge is 0.423 e. The maximum absolute atomic E-state index is 12.0. The molecule has 104 valence electrons. The van der Waals surface area contributed by atoms with Gasteiger partial charge in [-0.05, 0) is 30.7 Å². The fourth-order valence-corrected chi connectivity index (χ4v) is 2.54. The molecule has 2 aromatic rings. The summed E-state index contributed by atoms with van der Waals surface area (Å²) in [6.07, 6.45) is 1.90. The minimum Gasteiger partial charge on any atom is -0.423 e. The number of hydrogen-bond donors (Lipinski definition) is 1. The normalized spacial score (nSPS) is 18.4. The van der Waals surface area contributed by atoms with Gasteiger partial charge in [0.25, 0.3) is 0 Å². The smallest absolute Gasteiger partial charge is 0.370 e. The van der Waals surface area contributed by atoms with Crippen molar-refractivity contribution >= 4 is 16.9 Å². The number of esters is 1. The van der Waals surface area contributed by atoms with Crippen LogP contribution in [0, 0.1) is 6.92 Å². The van der Waals surface area contributed by atoms with E-state index in [-0.39, 0.29) is 17.6 Å². The lowest BCUT2D eigenvalue weighted by Crippen LogP contribution is -2.88. The Labute approximate surface area is 115 Å². The molecule has 0 radical (unpaired) electrons. The standard InChI is InChI=1S/C15H15NO4/c1-9-7-14(17)20-13-5-4-10(8-11(9)13)19-15(18)12-3-2-6-16-12/h4-5,7-8,12,16H,2-3,6H2,1H3/p+1. The van der Waals surface area contributed by atoms with Gasteiger partial charge in [-0.25, -0.2) is 9.59 Å².